The Morgan fingerprint density at radius 3 is 2.53 bits per heavy atom. The third-order valence-electron chi connectivity index (χ3n) is 4.51. The average Bonchev–Trinajstić information content (AvgIpc) is 2.76. The maximum Gasteiger partial charge on any atom is 0.304 e. The van der Waals surface area contributed by atoms with Crippen molar-refractivity contribution in [2.45, 2.75) is 17.4 Å². The van der Waals surface area contributed by atoms with Crippen molar-refractivity contribution in [3.63, 3.8) is 0 Å². The lowest BCUT2D eigenvalue weighted by Gasteiger charge is -2.16. The Bertz CT molecular complexity index is 1120. The Hall–Kier alpha value is -2.48. The standard InChI is InChI=1S/C24H23ClN2O3S2/c25-19-7-5-17-6-9-20(27-21(17)15-19)8-4-16-2-1-3-18(14-16)24(31-12-10-22(26)28)32-13-11-23(29)30/h1-9,14-15,24H,10-13H2,(H2,26,28)(H,29,30). The van der Waals surface area contributed by atoms with Crippen LogP contribution in [-0.4, -0.2) is 33.5 Å². The first-order valence-corrected chi connectivity index (χ1v) is 12.5. The van der Waals surface area contributed by atoms with Crippen molar-refractivity contribution in [3.05, 3.63) is 76.4 Å². The predicted octanol–water partition coefficient (Wildman–Crippen LogP) is 5.87. The van der Waals surface area contributed by atoms with Gasteiger partial charge in [0, 0.05) is 28.3 Å². The number of fused-ring (bicyclic) bond motifs is 1. The van der Waals surface area contributed by atoms with E-state index in [-0.39, 0.29) is 23.3 Å². The molecule has 0 fully saturated rings. The Balaban J connectivity index is 1.75. The number of nitrogens with two attached hydrogens (primary N) is 1. The van der Waals surface area contributed by atoms with Crippen LogP contribution >= 0.6 is 35.1 Å². The number of benzene rings is 2. The molecule has 32 heavy (non-hydrogen) atoms. The van der Waals surface area contributed by atoms with Crippen LogP contribution in [0, 0.1) is 0 Å². The van der Waals surface area contributed by atoms with Crippen LogP contribution in [0.4, 0.5) is 0 Å². The number of thioether (sulfide) groups is 2. The maximum absolute atomic E-state index is 11.1. The van der Waals surface area contributed by atoms with Gasteiger partial charge in [-0.25, -0.2) is 4.98 Å². The lowest BCUT2D eigenvalue weighted by molar-refractivity contribution is -0.136. The number of aliphatic carboxylic acids is 1. The van der Waals surface area contributed by atoms with E-state index < -0.39 is 5.97 Å². The number of nitrogens with zero attached hydrogens (tertiary/aromatic N) is 1. The van der Waals surface area contributed by atoms with Gasteiger partial charge in [-0.2, -0.15) is 0 Å². The molecule has 5 nitrogen and oxygen atoms in total. The highest BCUT2D eigenvalue weighted by Crippen LogP contribution is 2.40. The van der Waals surface area contributed by atoms with E-state index in [1.165, 1.54) is 0 Å². The molecule has 0 spiro atoms. The van der Waals surface area contributed by atoms with Crippen LogP contribution in [0.25, 0.3) is 23.1 Å². The summed E-state index contributed by atoms with van der Waals surface area (Å²) in [5.41, 5.74) is 9.00. The number of hydrogen-bond donors (Lipinski definition) is 2. The third kappa shape index (κ3) is 7.58. The zero-order valence-electron chi connectivity index (χ0n) is 17.2. The van der Waals surface area contributed by atoms with Gasteiger partial charge in [-0.15, -0.1) is 23.5 Å². The first kappa shape index (κ1) is 24.2. The van der Waals surface area contributed by atoms with Gasteiger partial charge in [0.2, 0.25) is 5.91 Å². The van der Waals surface area contributed by atoms with E-state index in [1.54, 1.807) is 23.5 Å². The first-order valence-electron chi connectivity index (χ1n) is 9.98. The minimum absolute atomic E-state index is 0.0167. The van der Waals surface area contributed by atoms with Crippen LogP contribution in [0.2, 0.25) is 5.02 Å². The lowest BCUT2D eigenvalue weighted by Crippen LogP contribution is -2.11. The number of carboxylic acids is 1. The fourth-order valence-corrected chi connectivity index (χ4v) is 5.80. The Morgan fingerprint density at radius 1 is 1.03 bits per heavy atom. The van der Waals surface area contributed by atoms with Gasteiger partial charge < -0.3 is 10.8 Å². The second-order valence-electron chi connectivity index (χ2n) is 7.01. The molecule has 0 bridgehead atoms. The van der Waals surface area contributed by atoms with E-state index in [2.05, 4.69) is 11.1 Å². The Labute approximate surface area is 200 Å². The molecule has 8 heteroatoms. The molecule has 1 aromatic heterocycles. The van der Waals surface area contributed by atoms with Crippen molar-refractivity contribution >= 4 is 70.1 Å². The number of primary amides is 1. The molecule has 0 aliphatic heterocycles. The number of aromatic nitrogens is 1. The molecule has 166 valence electrons. The predicted molar refractivity (Wildman–Crippen MR) is 136 cm³/mol. The van der Waals surface area contributed by atoms with Crippen molar-refractivity contribution in [2.24, 2.45) is 5.73 Å². The monoisotopic (exact) mass is 486 g/mol. The molecule has 3 N–H and O–H groups in total. The van der Waals surface area contributed by atoms with Crippen molar-refractivity contribution in [2.75, 3.05) is 11.5 Å². The molecule has 0 saturated carbocycles. The van der Waals surface area contributed by atoms with Gasteiger partial charge in [-0.3, -0.25) is 9.59 Å². The van der Waals surface area contributed by atoms with Crippen LogP contribution < -0.4 is 5.73 Å². The van der Waals surface area contributed by atoms with Gasteiger partial charge >= 0.3 is 5.97 Å². The van der Waals surface area contributed by atoms with E-state index in [4.69, 9.17) is 22.4 Å². The van der Waals surface area contributed by atoms with Crippen molar-refractivity contribution in [1.29, 1.82) is 0 Å². The molecule has 0 saturated heterocycles. The van der Waals surface area contributed by atoms with Crippen LogP contribution in [0.1, 0.15) is 34.2 Å². The summed E-state index contributed by atoms with van der Waals surface area (Å²) in [6.45, 7) is 0. The quantitative estimate of drug-likeness (QED) is 0.329. The molecule has 0 radical (unpaired) electrons. The van der Waals surface area contributed by atoms with Crippen LogP contribution in [-0.2, 0) is 9.59 Å². The van der Waals surface area contributed by atoms with Gasteiger partial charge in [-0.1, -0.05) is 48.0 Å². The first-order chi connectivity index (χ1) is 15.4. The highest BCUT2D eigenvalue weighted by Gasteiger charge is 2.14. The molecule has 2 aromatic carbocycles. The average molecular weight is 487 g/mol. The molecule has 1 amide bonds. The second-order valence-corrected chi connectivity index (χ2v) is 10.2. The minimum Gasteiger partial charge on any atom is -0.481 e. The third-order valence-corrected chi connectivity index (χ3v) is 7.59. The van der Waals surface area contributed by atoms with Gasteiger partial charge in [0.15, 0.2) is 0 Å². The summed E-state index contributed by atoms with van der Waals surface area (Å²) >= 11 is 9.24. The molecule has 1 heterocycles. The summed E-state index contributed by atoms with van der Waals surface area (Å²) in [5, 5.41) is 10.6. The molecular weight excluding hydrogens is 464 g/mol. The summed E-state index contributed by atoms with van der Waals surface area (Å²) in [5.74, 6) is -0.0800. The molecule has 1 atom stereocenters. The van der Waals surface area contributed by atoms with E-state index in [9.17, 15) is 9.59 Å². The fourth-order valence-electron chi connectivity index (χ4n) is 2.95. The van der Waals surface area contributed by atoms with Gasteiger partial charge in [0.1, 0.15) is 0 Å². The minimum atomic E-state index is -0.820. The summed E-state index contributed by atoms with van der Waals surface area (Å²) in [6.07, 6.45) is 4.33. The summed E-state index contributed by atoms with van der Waals surface area (Å²) in [7, 11) is 0. The van der Waals surface area contributed by atoms with Crippen molar-refractivity contribution < 1.29 is 14.7 Å². The van der Waals surface area contributed by atoms with Gasteiger partial charge in [0.05, 0.1) is 22.2 Å². The largest absolute Gasteiger partial charge is 0.481 e. The van der Waals surface area contributed by atoms with E-state index >= 15 is 0 Å². The number of hydrogen-bond acceptors (Lipinski definition) is 5. The highest BCUT2D eigenvalue weighted by molar-refractivity contribution is 8.16. The van der Waals surface area contributed by atoms with Crippen molar-refractivity contribution in [3.8, 4) is 0 Å². The summed E-state index contributed by atoms with van der Waals surface area (Å²) in [6, 6.07) is 17.7. The molecule has 1 unspecified atom stereocenters. The Kier molecular flexibility index (Phi) is 9.02. The molecule has 3 rings (SSSR count). The summed E-state index contributed by atoms with van der Waals surface area (Å²) in [4.78, 5) is 26.6. The number of amides is 1. The Morgan fingerprint density at radius 2 is 1.78 bits per heavy atom. The van der Waals surface area contributed by atoms with E-state index in [0.717, 1.165) is 27.7 Å². The lowest BCUT2D eigenvalue weighted by atomic mass is 10.1. The zero-order valence-corrected chi connectivity index (χ0v) is 19.6. The number of pyridine rings is 1. The number of carbonyl (C=O) groups is 2. The second kappa shape index (κ2) is 11.9. The van der Waals surface area contributed by atoms with Crippen LogP contribution in [0.5, 0.6) is 0 Å². The normalized spacial score (nSPS) is 12.3. The van der Waals surface area contributed by atoms with Gasteiger partial charge in [0.25, 0.3) is 0 Å². The molecular formula is C24H23ClN2O3S2. The fraction of sp³-hybridized carbons (Fsp3) is 0.208. The smallest absolute Gasteiger partial charge is 0.304 e. The van der Waals surface area contributed by atoms with Crippen LogP contribution in [0.3, 0.4) is 0 Å². The van der Waals surface area contributed by atoms with Gasteiger partial charge in [-0.05, 0) is 41.5 Å². The molecule has 0 aliphatic carbocycles. The van der Waals surface area contributed by atoms with Crippen molar-refractivity contribution in [1.82, 2.24) is 4.98 Å². The summed E-state index contributed by atoms with van der Waals surface area (Å²) < 4.78 is 0.0167. The number of carbonyl (C=O) groups excluding carboxylic acids is 1. The number of carboxylic acid groups (broad SMARTS) is 1. The zero-order chi connectivity index (χ0) is 22.9. The van der Waals surface area contributed by atoms with E-state index in [1.807, 2.05) is 60.7 Å². The highest BCUT2D eigenvalue weighted by atomic mass is 35.5. The van der Waals surface area contributed by atoms with Crippen LogP contribution in [0.15, 0.2) is 54.6 Å². The molecule has 0 aliphatic rings. The SMILES string of the molecule is NC(=O)CCSC(SCCC(=O)O)c1cccc(C=Cc2ccc3ccc(Cl)cc3n2)c1. The maximum atomic E-state index is 11.1. The van der Waals surface area contributed by atoms with E-state index in [0.29, 0.717) is 16.5 Å². The topological polar surface area (TPSA) is 93.3 Å². The number of rotatable bonds is 11. The molecule has 3 aromatic rings. The number of halogens is 1.